The summed E-state index contributed by atoms with van der Waals surface area (Å²) in [4.78, 5) is 22.9. The topological polar surface area (TPSA) is 115 Å². The Morgan fingerprint density at radius 1 is 1.00 bits per heavy atom. The van der Waals surface area contributed by atoms with Crippen LogP contribution < -0.4 is 16.6 Å². The van der Waals surface area contributed by atoms with Crippen molar-refractivity contribution in [3.63, 3.8) is 0 Å². The molecule has 9 heteroatoms. The molecule has 3 aromatic carbocycles. The molecule has 0 atom stereocenters. The number of rotatable bonds is 8. The Morgan fingerprint density at radius 3 is 2.55 bits per heavy atom. The average Bonchev–Trinajstić information content (AvgIpc) is 3.88. The molecule has 1 aliphatic heterocycles. The summed E-state index contributed by atoms with van der Waals surface area (Å²) in [7, 11) is 0. The summed E-state index contributed by atoms with van der Waals surface area (Å²) in [5.41, 5.74) is 10.9. The normalized spacial score (nSPS) is 15.5. The van der Waals surface area contributed by atoms with Crippen LogP contribution in [0.2, 0.25) is 0 Å². The van der Waals surface area contributed by atoms with E-state index in [0.717, 1.165) is 55.7 Å². The van der Waals surface area contributed by atoms with Crippen molar-refractivity contribution in [3.8, 4) is 16.9 Å². The van der Waals surface area contributed by atoms with Crippen LogP contribution in [0.15, 0.2) is 77.7 Å². The maximum absolute atomic E-state index is 15.2. The van der Waals surface area contributed by atoms with Gasteiger partial charge in [0.1, 0.15) is 17.5 Å². The number of aliphatic hydroxyl groups is 1. The molecular weight excluding hydrogens is 557 g/mol. The molecule has 0 unspecified atom stereocenters. The van der Waals surface area contributed by atoms with E-state index in [1.807, 2.05) is 24.3 Å². The van der Waals surface area contributed by atoms with E-state index in [0.29, 0.717) is 57.9 Å². The molecule has 1 saturated carbocycles. The van der Waals surface area contributed by atoms with Gasteiger partial charge < -0.3 is 20.9 Å². The molecule has 0 amide bonds. The van der Waals surface area contributed by atoms with Gasteiger partial charge in [0.25, 0.3) is 5.56 Å². The van der Waals surface area contributed by atoms with Gasteiger partial charge in [0, 0.05) is 54.8 Å². The third-order valence-electron chi connectivity index (χ3n) is 8.57. The van der Waals surface area contributed by atoms with Crippen LogP contribution in [0.3, 0.4) is 0 Å². The number of nitrogens with two attached hydrogens (primary N) is 1. The molecule has 0 bridgehead atoms. The predicted octanol–water partition coefficient (Wildman–Crippen LogP) is 5.72. The lowest BCUT2D eigenvalue weighted by molar-refractivity contribution is 0.0904. The molecular formula is C35H34FN5O3. The molecule has 224 valence electrons. The maximum atomic E-state index is 15.2. The van der Waals surface area contributed by atoms with Crippen molar-refractivity contribution in [1.29, 1.82) is 0 Å². The Balaban J connectivity index is 1.19. The van der Waals surface area contributed by atoms with Gasteiger partial charge >= 0.3 is 0 Å². The summed E-state index contributed by atoms with van der Waals surface area (Å²) >= 11 is 0. The first-order chi connectivity index (χ1) is 21.5. The number of hydrogen-bond donors (Lipinski definition) is 3. The monoisotopic (exact) mass is 591 g/mol. The molecule has 44 heavy (non-hydrogen) atoms. The van der Waals surface area contributed by atoms with Gasteiger partial charge in [0.05, 0.1) is 23.4 Å². The molecule has 4 N–H and O–H groups in total. The predicted molar refractivity (Wildman–Crippen MR) is 170 cm³/mol. The van der Waals surface area contributed by atoms with Crippen molar-refractivity contribution in [2.45, 2.75) is 50.7 Å². The minimum Gasteiger partial charge on any atom is -0.392 e. The van der Waals surface area contributed by atoms with Gasteiger partial charge in [-0.2, -0.15) is 0 Å². The first-order valence-corrected chi connectivity index (χ1v) is 15.1. The zero-order chi connectivity index (χ0) is 30.2. The number of fused-ring (bicyclic) bond motifs is 1. The summed E-state index contributed by atoms with van der Waals surface area (Å²) in [6.45, 7) is 1.20. The Hall–Kier alpha value is -4.60. The molecule has 2 fully saturated rings. The van der Waals surface area contributed by atoms with E-state index in [-0.39, 0.29) is 12.0 Å². The molecule has 7 rings (SSSR count). The fraction of sp³-hybridized carbons (Fsp3) is 0.286. The van der Waals surface area contributed by atoms with Crippen LogP contribution in [0.5, 0.6) is 0 Å². The molecule has 8 nitrogen and oxygen atoms in total. The molecule has 0 spiro atoms. The van der Waals surface area contributed by atoms with Crippen molar-refractivity contribution in [1.82, 2.24) is 14.5 Å². The number of halogens is 1. The van der Waals surface area contributed by atoms with Crippen LogP contribution in [-0.4, -0.2) is 38.9 Å². The van der Waals surface area contributed by atoms with Crippen LogP contribution >= 0.6 is 0 Å². The molecule has 2 aromatic heterocycles. The van der Waals surface area contributed by atoms with Crippen molar-refractivity contribution in [3.05, 3.63) is 112 Å². The van der Waals surface area contributed by atoms with Gasteiger partial charge in [0.15, 0.2) is 0 Å². The van der Waals surface area contributed by atoms with Crippen LogP contribution in [0.1, 0.15) is 54.1 Å². The van der Waals surface area contributed by atoms with Crippen LogP contribution in [0.4, 0.5) is 15.9 Å². The Morgan fingerprint density at radius 2 is 1.80 bits per heavy atom. The Kier molecular flexibility index (Phi) is 7.57. The van der Waals surface area contributed by atoms with Crippen LogP contribution in [0.25, 0.3) is 27.7 Å². The Bertz CT molecular complexity index is 1900. The van der Waals surface area contributed by atoms with Crippen LogP contribution in [0, 0.1) is 5.82 Å². The highest BCUT2D eigenvalue weighted by molar-refractivity contribution is 5.83. The summed E-state index contributed by atoms with van der Waals surface area (Å²) in [5, 5.41) is 14.7. The third-order valence-corrected chi connectivity index (χ3v) is 8.57. The number of nitrogen functional groups attached to an aromatic ring is 1. The fourth-order valence-electron chi connectivity index (χ4n) is 6.11. The van der Waals surface area contributed by atoms with Gasteiger partial charge in [0.2, 0.25) is 0 Å². The highest BCUT2D eigenvalue weighted by atomic mass is 19.1. The zero-order valence-corrected chi connectivity index (χ0v) is 24.3. The van der Waals surface area contributed by atoms with Crippen LogP contribution in [-0.2, 0) is 17.8 Å². The SMILES string of the molecule is Nc1cc(-c2cccc(-n3ccc4cc(C5CC5)cc(F)c4c3=O)c2CO)nc(Cc2ccc(NC3CCOCC3)cc2)n1. The van der Waals surface area contributed by atoms with Crippen molar-refractivity contribution in [2.75, 3.05) is 24.3 Å². The second kappa shape index (κ2) is 11.8. The lowest BCUT2D eigenvalue weighted by Crippen LogP contribution is -2.27. The number of ether oxygens (including phenoxy) is 1. The summed E-state index contributed by atoms with van der Waals surface area (Å²) in [6.07, 6.45) is 6.18. The maximum Gasteiger partial charge on any atom is 0.265 e. The zero-order valence-electron chi connectivity index (χ0n) is 24.3. The number of benzene rings is 3. The van der Waals surface area contributed by atoms with Gasteiger partial charge in [-0.25, -0.2) is 14.4 Å². The smallest absolute Gasteiger partial charge is 0.265 e. The van der Waals surface area contributed by atoms with Gasteiger partial charge in [-0.3, -0.25) is 9.36 Å². The quantitative estimate of drug-likeness (QED) is 0.211. The van der Waals surface area contributed by atoms with E-state index in [9.17, 15) is 9.90 Å². The van der Waals surface area contributed by atoms with E-state index < -0.39 is 11.4 Å². The first kappa shape index (κ1) is 28.2. The van der Waals surface area contributed by atoms with Crippen molar-refractivity contribution >= 4 is 22.3 Å². The number of aliphatic hydroxyl groups excluding tert-OH is 1. The lowest BCUT2D eigenvalue weighted by Gasteiger charge is -2.24. The minimum absolute atomic E-state index is 0.0359. The number of hydrogen-bond acceptors (Lipinski definition) is 7. The van der Waals surface area contributed by atoms with E-state index in [1.54, 1.807) is 30.5 Å². The largest absolute Gasteiger partial charge is 0.392 e. The molecule has 0 radical (unpaired) electrons. The van der Waals surface area contributed by atoms with E-state index in [2.05, 4.69) is 22.4 Å². The fourth-order valence-corrected chi connectivity index (χ4v) is 6.11. The summed E-state index contributed by atoms with van der Waals surface area (Å²) in [5.74, 6) is 0.688. The standard InChI is InChI=1S/C35H34FN5O3/c36-29-18-24(22-6-7-22)17-23-10-13-41(35(43)34(23)29)31-3-1-2-27(28(31)20-42)30-19-32(37)40-33(39-30)16-21-4-8-25(9-5-21)38-26-11-14-44-15-12-26/h1-5,8-10,13,17-19,22,26,38,42H,6-7,11-12,14-16,20H2,(H2,37,39,40). The Labute approximate surface area is 254 Å². The second-order valence-corrected chi connectivity index (χ2v) is 11.7. The molecule has 2 aliphatic rings. The third kappa shape index (κ3) is 5.68. The molecule has 5 aromatic rings. The van der Waals surface area contributed by atoms with E-state index in [4.69, 9.17) is 15.5 Å². The van der Waals surface area contributed by atoms with Gasteiger partial charge in [-0.05, 0) is 78.4 Å². The highest BCUT2D eigenvalue weighted by Crippen LogP contribution is 2.41. The number of pyridine rings is 1. The van der Waals surface area contributed by atoms with Gasteiger partial charge in [-0.1, -0.05) is 30.3 Å². The number of nitrogens with zero attached hydrogens (tertiary/aromatic N) is 3. The number of aromatic nitrogens is 3. The minimum atomic E-state index is -0.522. The average molecular weight is 592 g/mol. The summed E-state index contributed by atoms with van der Waals surface area (Å²) < 4.78 is 22.0. The first-order valence-electron chi connectivity index (χ1n) is 15.1. The lowest BCUT2D eigenvalue weighted by atomic mass is 10.0. The molecule has 3 heterocycles. The van der Waals surface area contributed by atoms with Gasteiger partial charge in [-0.15, -0.1) is 0 Å². The van der Waals surface area contributed by atoms with Crippen molar-refractivity contribution in [2.24, 2.45) is 0 Å². The second-order valence-electron chi connectivity index (χ2n) is 11.7. The highest BCUT2D eigenvalue weighted by Gasteiger charge is 2.25. The number of nitrogens with one attached hydrogen (secondary N) is 1. The molecule has 1 saturated heterocycles. The van der Waals surface area contributed by atoms with E-state index >= 15 is 4.39 Å². The molecule has 1 aliphatic carbocycles. The van der Waals surface area contributed by atoms with E-state index in [1.165, 1.54) is 10.6 Å². The summed E-state index contributed by atoms with van der Waals surface area (Å²) in [6, 6.07) is 20.8. The number of anilines is 2. The van der Waals surface area contributed by atoms with Crippen molar-refractivity contribution < 1.29 is 14.2 Å².